The third-order valence-electron chi connectivity index (χ3n) is 7.01. The first-order chi connectivity index (χ1) is 15.7. The van der Waals surface area contributed by atoms with Crippen LogP contribution in [-0.2, 0) is 19.1 Å². The lowest BCUT2D eigenvalue weighted by atomic mass is 9.81. The van der Waals surface area contributed by atoms with E-state index in [2.05, 4.69) is 0 Å². The molecule has 0 bridgehead atoms. The number of rotatable bonds is 0. The fraction of sp³-hybridized carbons (Fsp3) is 0.846. The van der Waals surface area contributed by atoms with Crippen molar-refractivity contribution in [2.75, 3.05) is 26.2 Å². The van der Waals surface area contributed by atoms with Crippen LogP contribution >= 0.6 is 0 Å². The number of nitrogens with zero attached hydrogens (tertiary/aromatic N) is 2. The highest BCUT2D eigenvalue weighted by molar-refractivity contribution is 5.84. The van der Waals surface area contributed by atoms with Crippen LogP contribution in [0, 0.1) is 23.7 Å². The molecule has 0 aromatic heterocycles. The van der Waals surface area contributed by atoms with Crippen LogP contribution in [0.1, 0.15) is 80.1 Å². The summed E-state index contributed by atoms with van der Waals surface area (Å²) in [6.45, 7) is 13.6. The fourth-order valence-electron chi connectivity index (χ4n) is 5.46. The molecule has 2 saturated heterocycles. The van der Waals surface area contributed by atoms with E-state index >= 15 is 0 Å². The standard InChI is InChI=1S/2C13H21NO3/c2*1-13(2,3)17-12(16)14-7-9-5-4-6-11(15)10(9)8-14/h2*9-10H,4-8H2,1-3H3/t2*9-,10+/m10/s1. The number of carbonyl (C=O) groups excluding carboxylic acids is 4. The number of ether oxygens (including phenoxy) is 2. The molecule has 34 heavy (non-hydrogen) atoms. The first kappa shape index (κ1) is 26.5. The third kappa shape index (κ3) is 6.95. The number of likely N-dealkylation sites (tertiary alicyclic amines) is 2. The summed E-state index contributed by atoms with van der Waals surface area (Å²) in [7, 11) is 0. The molecule has 0 unspecified atom stereocenters. The average molecular weight is 479 g/mol. The zero-order valence-corrected chi connectivity index (χ0v) is 21.7. The summed E-state index contributed by atoms with van der Waals surface area (Å²) in [5.41, 5.74) is -0.927. The molecule has 8 nitrogen and oxygen atoms in total. The Hall–Kier alpha value is -2.12. The highest BCUT2D eigenvalue weighted by Gasteiger charge is 2.43. The van der Waals surface area contributed by atoms with E-state index in [4.69, 9.17) is 9.47 Å². The van der Waals surface area contributed by atoms with Crippen LogP contribution in [0.2, 0.25) is 0 Å². The van der Waals surface area contributed by atoms with E-state index in [0.717, 1.165) is 25.7 Å². The number of ketones is 2. The number of hydrogen-bond donors (Lipinski definition) is 0. The van der Waals surface area contributed by atoms with Crippen molar-refractivity contribution in [3.63, 3.8) is 0 Å². The molecule has 4 aliphatic rings. The van der Waals surface area contributed by atoms with E-state index < -0.39 is 11.2 Å². The van der Waals surface area contributed by atoms with Crippen molar-refractivity contribution < 1.29 is 28.7 Å². The van der Waals surface area contributed by atoms with Crippen LogP contribution in [0.4, 0.5) is 9.59 Å². The third-order valence-corrected chi connectivity index (χ3v) is 7.01. The van der Waals surface area contributed by atoms with Gasteiger partial charge in [0.1, 0.15) is 22.8 Å². The summed E-state index contributed by atoms with van der Waals surface area (Å²) in [5.74, 6) is 1.51. The molecule has 2 amide bonds. The van der Waals surface area contributed by atoms with Gasteiger partial charge in [0.05, 0.1) is 0 Å². The highest BCUT2D eigenvalue weighted by Crippen LogP contribution is 2.35. The predicted molar refractivity (Wildman–Crippen MR) is 127 cm³/mol. The van der Waals surface area contributed by atoms with E-state index in [1.165, 1.54) is 0 Å². The summed E-state index contributed by atoms with van der Waals surface area (Å²) in [6, 6.07) is 0. The molecule has 4 rings (SSSR count). The summed E-state index contributed by atoms with van der Waals surface area (Å²) in [5, 5.41) is 0. The first-order valence-electron chi connectivity index (χ1n) is 12.7. The molecule has 0 aromatic carbocycles. The highest BCUT2D eigenvalue weighted by atomic mass is 16.6. The molecule has 0 radical (unpaired) electrons. The van der Waals surface area contributed by atoms with Crippen molar-refractivity contribution in [1.29, 1.82) is 0 Å². The van der Waals surface area contributed by atoms with Gasteiger partial charge >= 0.3 is 12.2 Å². The summed E-state index contributed by atoms with van der Waals surface area (Å²) in [6.07, 6.45) is 4.89. The van der Waals surface area contributed by atoms with Crippen LogP contribution in [-0.4, -0.2) is 70.9 Å². The molecule has 0 aromatic rings. The molecule has 2 aliphatic carbocycles. The number of Topliss-reactive ketones (excluding diaryl/α,β-unsaturated/α-hetero) is 2. The van der Waals surface area contributed by atoms with Crippen molar-refractivity contribution in [1.82, 2.24) is 9.80 Å². The van der Waals surface area contributed by atoms with Gasteiger partial charge in [0.15, 0.2) is 0 Å². The minimum Gasteiger partial charge on any atom is -0.444 e. The van der Waals surface area contributed by atoms with Gasteiger partial charge in [-0.2, -0.15) is 0 Å². The smallest absolute Gasteiger partial charge is 0.410 e. The van der Waals surface area contributed by atoms with Gasteiger partial charge in [0.25, 0.3) is 0 Å². The number of amides is 2. The van der Waals surface area contributed by atoms with Crippen molar-refractivity contribution in [3.8, 4) is 0 Å². The van der Waals surface area contributed by atoms with E-state index in [0.29, 0.717) is 62.4 Å². The van der Waals surface area contributed by atoms with Crippen LogP contribution in [0.3, 0.4) is 0 Å². The SMILES string of the molecule is CC(C)(C)OC(=O)N1C[C@@H]2CCCC(=O)[C@@H]2C1.CC(C)(C)OC(=O)N1C[C@H]2CCCC(=O)[C@H]2C1. The molecule has 4 atom stereocenters. The van der Waals surface area contributed by atoms with Crippen LogP contribution in [0.25, 0.3) is 0 Å². The minimum absolute atomic E-state index is 0.0660. The minimum atomic E-state index is -0.463. The van der Waals surface area contributed by atoms with Crippen LogP contribution in [0.5, 0.6) is 0 Å². The normalized spacial score (nSPS) is 29.1. The largest absolute Gasteiger partial charge is 0.444 e. The lowest BCUT2D eigenvalue weighted by Crippen LogP contribution is -2.35. The molecule has 0 N–H and O–H groups in total. The zero-order valence-electron chi connectivity index (χ0n) is 21.7. The maximum Gasteiger partial charge on any atom is 0.410 e. The van der Waals surface area contributed by atoms with Gasteiger partial charge < -0.3 is 19.3 Å². The predicted octanol–water partition coefficient (Wildman–Crippen LogP) is 4.45. The van der Waals surface area contributed by atoms with Gasteiger partial charge in [-0.25, -0.2) is 9.59 Å². The number of fused-ring (bicyclic) bond motifs is 2. The molecular weight excluding hydrogens is 436 g/mol. The van der Waals surface area contributed by atoms with Gasteiger partial charge in [0.2, 0.25) is 0 Å². The topological polar surface area (TPSA) is 93.2 Å². The second kappa shape index (κ2) is 10.2. The van der Waals surface area contributed by atoms with Crippen molar-refractivity contribution in [2.45, 2.75) is 91.3 Å². The molecule has 8 heteroatoms. The second-order valence-electron chi connectivity index (χ2n) is 12.2. The average Bonchev–Trinajstić information content (AvgIpc) is 3.32. The fourth-order valence-corrected chi connectivity index (χ4v) is 5.46. The van der Waals surface area contributed by atoms with Gasteiger partial charge in [-0.1, -0.05) is 0 Å². The Labute approximate surface area is 203 Å². The van der Waals surface area contributed by atoms with E-state index in [1.807, 2.05) is 41.5 Å². The Morgan fingerprint density at radius 3 is 1.32 bits per heavy atom. The van der Waals surface area contributed by atoms with E-state index in [-0.39, 0.29) is 24.0 Å². The van der Waals surface area contributed by atoms with Gasteiger partial charge in [0, 0.05) is 50.9 Å². The lowest BCUT2D eigenvalue weighted by Gasteiger charge is -2.24. The van der Waals surface area contributed by atoms with Gasteiger partial charge in [-0.3, -0.25) is 9.59 Å². The van der Waals surface area contributed by atoms with Crippen molar-refractivity contribution in [2.24, 2.45) is 23.7 Å². The monoisotopic (exact) mass is 478 g/mol. The van der Waals surface area contributed by atoms with Crippen LogP contribution < -0.4 is 0 Å². The molecule has 192 valence electrons. The number of carbonyl (C=O) groups is 4. The zero-order chi connectivity index (χ0) is 25.3. The molecule has 2 aliphatic heterocycles. The molecule has 2 saturated carbocycles. The maximum absolute atomic E-state index is 11.9. The maximum atomic E-state index is 11.9. The Balaban J connectivity index is 0.000000191. The molecule has 0 spiro atoms. The van der Waals surface area contributed by atoms with Crippen molar-refractivity contribution in [3.05, 3.63) is 0 Å². The Bertz CT molecular complexity index is 730. The molecular formula is C26H42N2O6. The van der Waals surface area contributed by atoms with E-state index in [1.54, 1.807) is 9.80 Å². The van der Waals surface area contributed by atoms with Gasteiger partial charge in [-0.15, -0.1) is 0 Å². The molecule has 2 heterocycles. The Morgan fingerprint density at radius 1 is 0.676 bits per heavy atom. The first-order valence-corrected chi connectivity index (χ1v) is 12.7. The second-order valence-corrected chi connectivity index (χ2v) is 12.2. The Kier molecular flexibility index (Phi) is 7.98. The molecule has 4 fully saturated rings. The number of hydrogen-bond acceptors (Lipinski definition) is 6. The summed E-state index contributed by atoms with van der Waals surface area (Å²) in [4.78, 5) is 50.7. The lowest BCUT2D eigenvalue weighted by molar-refractivity contribution is -0.126. The van der Waals surface area contributed by atoms with Crippen molar-refractivity contribution >= 4 is 23.8 Å². The van der Waals surface area contributed by atoms with Gasteiger partial charge in [-0.05, 0) is 79.1 Å². The van der Waals surface area contributed by atoms with E-state index in [9.17, 15) is 19.2 Å². The quantitative estimate of drug-likeness (QED) is 0.511. The summed E-state index contributed by atoms with van der Waals surface area (Å²) >= 11 is 0. The summed E-state index contributed by atoms with van der Waals surface area (Å²) < 4.78 is 10.7. The van der Waals surface area contributed by atoms with Crippen LogP contribution in [0.15, 0.2) is 0 Å². The Morgan fingerprint density at radius 2 is 1.03 bits per heavy atom.